The van der Waals surface area contributed by atoms with E-state index in [2.05, 4.69) is 13.8 Å². The third kappa shape index (κ3) is 5.98. The van der Waals surface area contributed by atoms with Gasteiger partial charge in [-0.15, -0.1) is 0 Å². The van der Waals surface area contributed by atoms with Crippen LogP contribution < -0.4 is 9.47 Å². The molecule has 0 aromatic heterocycles. The topological polar surface area (TPSA) is 35.5 Å². The summed E-state index contributed by atoms with van der Waals surface area (Å²) in [6, 6.07) is 3.90. The number of ether oxygens (including phenoxy) is 2. The average Bonchev–Trinajstić information content (AvgIpc) is 2.47. The maximum absolute atomic E-state index is 10.4. The van der Waals surface area contributed by atoms with Gasteiger partial charge >= 0.3 is 0 Å². The van der Waals surface area contributed by atoms with E-state index in [0.29, 0.717) is 19.6 Å². The minimum absolute atomic E-state index is 0.190. The number of aryl methyl sites for hydroxylation is 2. The second kappa shape index (κ2) is 9.69. The van der Waals surface area contributed by atoms with Crippen molar-refractivity contribution in [1.82, 2.24) is 0 Å². The Kier molecular flexibility index (Phi) is 8.24. The highest BCUT2D eigenvalue weighted by Gasteiger charge is 2.11. The molecule has 1 aromatic carbocycles. The molecule has 5 heteroatoms. The molecule has 0 fully saturated rings. The summed E-state index contributed by atoms with van der Waals surface area (Å²) >= 11 is 11.1. The monoisotopic (exact) mass is 330 g/mol. The summed E-state index contributed by atoms with van der Waals surface area (Å²) in [6.45, 7) is 4.83. The van der Waals surface area contributed by atoms with Crippen molar-refractivity contribution in [2.24, 2.45) is 0 Å². The van der Waals surface area contributed by atoms with Gasteiger partial charge < -0.3 is 14.3 Å². The summed E-state index contributed by atoms with van der Waals surface area (Å²) < 4.78 is 11.6. The molecule has 3 nitrogen and oxygen atoms in total. The maximum atomic E-state index is 10.4. The summed E-state index contributed by atoms with van der Waals surface area (Å²) in [5.41, 5.74) is 2.13. The van der Waals surface area contributed by atoms with Gasteiger partial charge in [-0.2, -0.15) is 0 Å². The molecule has 116 valence electrons. The zero-order valence-electron chi connectivity index (χ0n) is 12.3. The van der Waals surface area contributed by atoms with Gasteiger partial charge in [0.15, 0.2) is 0 Å². The molecule has 21 heavy (non-hydrogen) atoms. The Morgan fingerprint density at radius 3 is 2.24 bits per heavy atom. The fourth-order valence-electron chi connectivity index (χ4n) is 1.93. The Morgan fingerprint density at radius 1 is 1.14 bits per heavy atom. The second-order valence-corrected chi connectivity index (χ2v) is 5.39. The Bertz CT molecular complexity index is 469. The molecule has 1 aromatic rings. The van der Waals surface area contributed by atoms with Gasteiger partial charge in [0.2, 0.25) is 0 Å². The van der Waals surface area contributed by atoms with Crippen LogP contribution in [0.4, 0.5) is 0 Å². The Balaban J connectivity index is 2.93. The number of halogens is 2. The smallest absolute Gasteiger partial charge is 0.125 e. The van der Waals surface area contributed by atoms with Crippen LogP contribution >= 0.6 is 23.2 Å². The van der Waals surface area contributed by atoms with E-state index >= 15 is 0 Å². The van der Waals surface area contributed by atoms with Gasteiger partial charge in [-0.1, -0.05) is 37.0 Å². The quantitative estimate of drug-likeness (QED) is 0.494. The van der Waals surface area contributed by atoms with Crippen LogP contribution in [-0.4, -0.2) is 19.5 Å². The third-order valence-electron chi connectivity index (χ3n) is 2.95. The number of carbonyl (C=O) groups is 1. The Labute approximate surface area is 135 Å². The number of carbonyl (C=O) groups excluding carboxylic acids is 1. The summed E-state index contributed by atoms with van der Waals surface area (Å²) in [5.74, 6) is 1.62. The number of hydrogen-bond acceptors (Lipinski definition) is 3. The highest BCUT2D eigenvalue weighted by molar-refractivity contribution is 6.55. The van der Waals surface area contributed by atoms with E-state index in [9.17, 15) is 4.79 Å². The van der Waals surface area contributed by atoms with E-state index in [1.807, 2.05) is 12.1 Å². The van der Waals surface area contributed by atoms with E-state index in [-0.39, 0.29) is 4.49 Å². The van der Waals surface area contributed by atoms with Crippen molar-refractivity contribution in [2.75, 3.05) is 13.2 Å². The minimum Gasteiger partial charge on any atom is -0.493 e. The zero-order valence-corrected chi connectivity index (χ0v) is 13.8. The molecular weight excluding hydrogens is 311 g/mol. The molecule has 0 unspecified atom stereocenters. The summed E-state index contributed by atoms with van der Waals surface area (Å²) in [6.07, 6.45) is 4.49. The summed E-state index contributed by atoms with van der Waals surface area (Å²) in [4.78, 5) is 10.4. The summed E-state index contributed by atoms with van der Waals surface area (Å²) in [7, 11) is 0. The molecule has 0 aliphatic carbocycles. The van der Waals surface area contributed by atoms with E-state index in [1.165, 1.54) is 0 Å². The first-order valence-corrected chi connectivity index (χ1v) is 7.74. The molecule has 1 rings (SSSR count). The van der Waals surface area contributed by atoms with Crippen LogP contribution in [0.15, 0.2) is 22.7 Å². The van der Waals surface area contributed by atoms with Gasteiger partial charge in [-0.05, 0) is 42.2 Å². The van der Waals surface area contributed by atoms with Crippen LogP contribution in [0.3, 0.4) is 0 Å². The SMILES string of the molecule is CCc1cc(OCC=C(Cl)Cl)cc(CC)c1OCCC=O. The number of rotatable bonds is 9. The van der Waals surface area contributed by atoms with Crippen molar-refractivity contribution < 1.29 is 14.3 Å². The van der Waals surface area contributed by atoms with Gasteiger partial charge in [0.1, 0.15) is 28.9 Å². The lowest BCUT2D eigenvalue weighted by Crippen LogP contribution is -2.05. The molecule has 0 amide bonds. The van der Waals surface area contributed by atoms with Gasteiger partial charge in [0.25, 0.3) is 0 Å². The van der Waals surface area contributed by atoms with Gasteiger partial charge in [0, 0.05) is 6.42 Å². The predicted octanol–water partition coefficient (Wildman–Crippen LogP) is 4.48. The van der Waals surface area contributed by atoms with Crippen LogP contribution in [0.5, 0.6) is 11.5 Å². The average molecular weight is 331 g/mol. The van der Waals surface area contributed by atoms with E-state index in [1.54, 1.807) is 6.08 Å². The normalized spacial score (nSPS) is 10.1. The molecule has 0 atom stereocenters. The van der Waals surface area contributed by atoms with E-state index < -0.39 is 0 Å². The van der Waals surface area contributed by atoms with Crippen molar-refractivity contribution >= 4 is 29.5 Å². The van der Waals surface area contributed by atoms with Crippen molar-refractivity contribution in [2.45, 2.75) is 33.1 Å². The molecule has 0 saturated carbocycles. The zero-order chi connectivity index (χ0) is 15.7. The first kappa shape index (κ1) is 17.9. The minimum atomic E-state index is 0.190. The largest absolute Gasteiger partial charge is 0.493 e. The van der Waals surface area contributed by atoms with E-state index in [0.717, 1.165) is 41.8 Å². The maximum Gasteiger partial charge on any atom is 0.125 e. The van der Waals surface area contributed by atoms with Crippen LogP contribution in [0.1, 0.15) is 31.4 Å². The van der Waals surface area contributed by atoms with Crippen LogP contribution in [-0.2, 0) is 17.6 Å². The highest BCUT2D eigenvalue weighted by atomic mass is 35.5. The molecule has 0 heterocycles. The molecule has 0 saturated heterocycles. The fourth-order valence-corrected chi connectivity index (χ4v) is 2.05. The number of hydrogen-bond donors (Lipinski definition) is 0. The first-order chi connectivity index (χ1) is 10.1. The van der Waals surface area contributed by atoms with Gasteiger partial charge in [0.05, 0.1) is 6.61 Å². The lowest BCUT2D eigenvalue weighted by molar-refractivity contribution is -0.108. The van der Waals surface area contributed by atoms with Crippen molar-refractivity contribution in [3.8, 4) is 11.5 Å². The highest BCUT2D eigenvalue weighted by Crippen LogP contribution is 2.31. The standard InChI is InChI=1S/C16H20Cl2O3/c1-3-12-10-14(20-9-6-15(17)18)11-13(4-2)16(12)21-8-5-7-19/h6-7,10-11H,3-5,8-9H2,1-2H3. The van der Waals surface area contributed by atoms with Crippen LogP contribution in [0.2, 0.25) is 0 Å². The number of aldehydes is 1. The summed E-state index contributed by atoms with van der Waals surface area (Å²) in [5, 5.41) is 0. The Hall–Kier alpha value is -1.19. The molecule has 0 aliphatic rings. The molecule has 0 bridgehead atoms. The number of benzene rings is 1. The molecular formula is C16H20Cl2O3. The molecule has 0 aliphatic heterocycles. The van der Waals surface area contributed by atoms with Crippen molar-refractivity contribution in [3.63, 3.8) is 0 Å². The second-order valence-electron chi connectivity index (χ2n) is 4.39. The van der Waals surface area contributed by atoms with Crippen LogP contribution in [0.25, 0.3) is 0 Å². The fraction of sp³-hybridized carbons (Fsp3) is 0.438. The lowest BCUT2D eigenvalue weighted by Gasteiger charge is -2.16. The molecule has 0 radical (unpaired) electrons. The third-order valence-corrected chi connectivity index (χ3v) is 3.26. The first-order valence-electron chi connectivity index (χ1n) is 6.98. The van der Waals surface area contributed by atoms with Gasteiger partial charge in [-0.25, -0.2) is 0 Å². The van der Waals surface area contributed by atoms with Crippen molar-refractivity contribution in [3.05, 3.63) is 33.8 Å². The molecule has 0 N–H and O–H groups in total. The lowest BCUT2D eigenvalue weighted by atomic mass is 10.0. The van der Waals surface area contributed by atoms with Gasteiger partial charge in [-0.3, -0.25) is 0 Å². The predicted molar refractivity (Wildman–Crippen MR) is 86.7 cm³/mol. The molecule has 0 spiro atoms. The van der Waals surface area contributed by atoms with Crippen LogP contribution in [0, 0.1) is 0 Å². The Morgan fingerprint density at radius 2 is 1.76 bits per heavy atom. The van der Waals surface area contributed by atoms with Crippen molar-refractivity contribution in [1.29, 1.82) is 0 Å². The van der Waals surface area contributed by atoms with E-state index in [4.69, 9.17) is 32.7 Å².